The highest BCUT2D eigenvalue weighted by molar-refractivity contribution is 5.85. The van der Waals surface area contributed by atoms with E-state index in [4.69, 9.17) is 11.5 Å². The second kappa shape index (κ2) is 21.9. The maximum absolute atomic E-state index is 11.8. The molecular weight excluding hydrogens is 426 g/mol. The van der Waals surface area contributed by atoms with E-state index in [-0.39, 0.29) is 36.3 Å². The lowest BCUT2D eigenvalue weighted by Gasteiger charge is -2.14. The van der Waals surface area contributed by atoms with E-state index in [1.54, 1.807) is 0 Å². The first-order valence-electron chi connectivity index (χ1n) is 12.5. The Kier molecular flexibility index (Phi) is 22.8. The fourth-order valence-corrected chi connectivity index (χ4v) is 3.50. The Morgan fingerprint density at radius 2 is 0.906 bits per heavy atom. The van der Waals surface area contributed by atoms with Crippen molar-refractivity contribution in [1.29, 1.82) is 0 Å². The van der Waals surface area contributed by atoms with Crippen LogP contribution in [-0.2, 0) is 9.59 Å². The maximum atomic E-state index is 11.8. The molecule has 0 aromatic rings. The van der Waals surface area contributed by atoms with Crippen LogP contribution in [0.15, 0.2) is 0 Å². The molecule has 2 unspecified atom stereocenters. The summed E-state index contributed by atoms with van der Waals surface area (Å²) in [4.78, 5) is 23.6. The number of amides is 2. The Hall–Kier alpha value is -0.890. The molecule has 0 aromatic heterocycles. The first kappa shape index (κ1) is 33.3. The first-order chi connectivity index (χ1) is 14.7. The van der Waals surface area contributed by atoms with Crippen molar-refractivity contribution in [3.05, 3.63) is 0 Å². The molecule has 0 aliphatic heterocycles. The van der Waals surface area contributed by atoms with Crippen molar-refractivity contribution in [3.8, 4) is 0 Å². The topological polar surface area (TPSA) is 122 Å². The minimum Gasteiger partial charge on any atom is -0.355 e. The number of nitrogens with two attached hydrogens (primary N) is 2. The predicted octanol–water partition coefficient (Wildman–Crippen LogP) is 3.10. The highest BCUT2D eigenvalue weighted by Gasteiger charge is 2.14. The number of halogens is 1. The largest absolute Gasteiger partial charge is 0.355 e. The van der Waals surface area contributed by atoms with Crippen molar-refractivity contribution in [1.82, 2.24) is 16.0 Å². The van der Waals surface area contributed by atoms with Gasteiger partial charge in [-0.1, -0.05) is 53.4 Å². The summed E-state index contributed by atoms with van der Waals surface area (Å²) in [6, 6.07) is -0.757. The number of carbonyl (C=O) groups excluding carboxylic acids is 2. The van der Waals surface area contributed by atoms with Crippen LogP contribution in [0.2, 0.25) is 0 Å². The summed E-state index contributed by atoms with van der Waals surface area (Å²) in [6.45, 7) is 11.9. The van der Waals surface area contributed by atoms with Crippen LogP contribution in [0.3, 0.4) is 0 Å². The lowest BCUT2D eigenvalue weighted by atomic mass is 10.0. The van der Waals surface area contributed by atoms with E-state index in [2.05, 4.69) is 43.6 Å². The number of nitrogens with one attached hydrogen (secondary N) is 3. The van der Waals surface area contributed by atoms with Crippen molar-refractivity contribution in [2.24, 2.45) is 23.3 Å². The van der Waals surface area contributed by atoms with Gasteiger partial charge >= 0.3 is 0 Å². The lowest BCUT2D eigenvalue weighted by molar-refractivity contribution is -0.123. The zero-order valence-corrected chi connectivity index (χ0v) is 21.9. The zero-order chi connectivity index (χ0) is 23.5. The summed E-state index contributed by atoms with van der Waals surface area (Å²) < 4.78 is 0. The minimum absolute atomic E-state index is 0. The molecule has 0 aromatic carbocycles. The number of hydrogen-bond donors (Lipinski definition) is 5. The highest BCUT2D eigenvalue weighted by atomic mass is 35.5. The summed E-state index contributed by atoms with van der Waals surface area (Å²) in [5.74, 6) is 0.847. The maximum Gasteiger partial charge on any atom is 0.236 e. The Balaban J connectivity index is 0. The first-order valence-corrected chi connectivity index (χ1v) is 12.5. The van der Waals surface area contributed by atoms with Crippen molar-refractivity contribution in [2.45, 2.75) is 104 Å². The molecule has 192 valence electrons. The van der Waals surface area contributed by atoms with Crippen molar-refractivity contribution < 1.29 is 9.59 Å². The predicted molar refractivity (Wildman–Crippen MR) is 138 cm³/mol. The molecule has 0 saturated heterocycles. The Morgan fingerprint density at radius 3 is 1.22 bits per heavy atom. The standard InChI is InChI=1S/C24H51N5O2.ClH/c1-19(2)17-21(25)23(30)28-15-11-7-5-9-13-27-14-10-6-8-12-16-29-24(31)22(26)18-20(3)4;/h19-22,27H,5-18,25-26H2,1-4H3,(H,28,30)(H,29,31);1H. The molecule has 0 fully saturated rings. The summed E-state index contributed by atoms with van der Waals surface area (Å²) in [5.41, 5.74) is 11.7. The quantitative estimate of drug-likeness (QED) is 0.172. The van der Waals surface area contributed by atoms with Gasteiger partial charge in [-0.05, 0) is 63.5 Å². The van der Waals surface area contributed by atoms with Gasteiger partial charge in [0.2, 0.25) is 11.8 Å². The number of rotatable bonds is 20. The summed E-state index contributed by atoms with van der Waals surface area (Å²) in [5, 5.41) is 9.37. The Bertz CT molecular complexity index is 424. The fourth-order valence-electron chi connectivity index (χ4n) is 3.50. The van der Waals surface area contributed by atoms with Gasteiger partial charge in [0.1, 0.15) is 0 Å². The van der Waals surface area contributed by atoms with Crippen LogP contribution in [0, 0.1) is 11.8 Å². The molecule has 7 N–H and O–H groups in total. The average Bonchev–Trinajstić information content (AvgIpc) is 2.69. The smallest absolute Gasteiger partial charge is 0.236 e. The number of unbranched alkanes of at least 4 members (excludes halogenated alkanes) is 6. The summed E-state index contributed by atoms with van der Waals surface area (Å²) in [6.07, 6.45) is 10.5. The molecule has 8 heteroatoms. The third-order valence-electron chi connectivity index (χ3n) is 5.28. The van der Waals surface area contributed by atoms with E-state index < -0.39 is 0 Å². The third kappa shape index (κ3) is 21.0. The molecule has 2 atom stereocenters. The van der Waals surface area contributed by atoms with E-state index in [0.29, 0.717) is 11.8 Å². The van der Waals surface area contributed by atoms with E-state index in [1.165, 1.54) is 25.7 Å². The molecule has 2 amide bonds. The second-order valence-corrected chi connectivity index (χ2v) is 9.63. The van der Waals surface area contributed by atoms with Gasteiger partial charge in [-0.3, -0.25) is 9.59 Å². The van der Waals surface area contributed by atoms with Gasteiger partial charge in [-0.2, -0.15) is 0 Å². The SMILES string of the molecule is CC(C)CC(N)C(=O)NCCCCCCNCCCCCCNC(=O)C(N)CC(C)C.Cl. The van der Waals surface area contributed by atoms with E-state index in [0.717, 1.165) is 64.7 Å². The fraction of sp³-hybridized carbons (Fsp3) is 0.917. The highest BCUT2D eigenvalue weighted by Crippen LogP contribution is 2.04. The van der Waals surface area contributed by atoms with Crippen LogP contribution < -0.4 is 27.4 Å². The van der Waals surface area contributed by atoms with E-state index in [1.807, 2.05) is 0 Å². The van der Waals surface area contributed by atoms with Crippen LogP contribution in [0.4, 0.5) is 0 Å². The molecular formula is C24H52ClN5O2. The molecule has 0 bridgehead atoms. The zero-order valence-electron chi connectivity index (χ0n) is 21.1. The van der Waals surface area contributed by atoms with Crippen LogP contribution in [-0.4, -0.2) is 50.1 Å². The molecule has 0 heterocycles. The van der Waals surface area contributed by atoms with Crippen LogP contribution in [0.5, 0.6) is 0 Å². The van der Waals surface area contributed by atoms with Gasteiger partial charge in [-0.25, -0.2) is 0 Å². The van der Waals surface area contributed by atoms with Gasteiger partial charge in [0, 0.05) is 13.1 Å². The van der Waals surface area contributed by atoms with Crippen LogP contribution >= 0.6 is 12.4 Å². The average molecular weight is 478 g/mol. The molecule has 0 saturated carbocycles. The van der Waals surface area contributed by atoms with Gasteiger partial charge < -0.3 is 27.4 Å². The van der Waals surface area contributed by atoms with Gasteiger partial charge in [0.05, 0.1) is 12.1 Å². The molecule has 0 radical (unpaired) electrons. The van der Waals surface area contributed by atoms with E-state index >= 15 is 0 Å². The Morgan fingerprint density at radius 1 is 0.594 bits per heavy atom. The van der Waals surface area contributed by atoms with Gasteiger partial charge in [0.15, 0.2) is 0 Å². The van der Waals surface area contributed by atoms with Crippen molar-refractivity contribution in [3.63, 3.8) is 0 Å². The minimum atomic E-state index is -0.379. The van der Waals surface area contributed by atoms with E-state index in [9.17, 15) is 9.59 Å². The molecule has 0 aliphatic carbocycles. The molecule has 0 rings (SSSR count). The monoisotopic (exact) mass is 477 g/mol. The molecule has 7 nitrogen and oxygen atoms in total. The third-order valence-corrected chi connectivity index (χ3v) is 5.28. The normalized spacial score (nSPS) is 13.0. The van der Waals surface area contributed by atoms with Crippen molar-refractivity contribution in [2.75, 3.05) is 26.2 Å². The van der Waals surface area contributed by atoms with Crippen molar-refractivity contribution >= 4 is 24.2 Å². The Labute approximate surface area is 203 Å². The summed E-state index contributed by atoms with van der Waals surface area (Å²) >= 11 is 0. The molecule has 0 spiro atoms. The summed E-state index contributed by atoms with van der Waals surface area (Å²) in [7, 11) is 0. The van der Waals surface area contributed by atoms with Crippen LogP contribution in [0.1, 0.15) is 91.9 Å². The van der Waals surface area contributed by atoms with Gasteiger partial charge in [0.25, 0.3) is 0 Å². The number of hydrogen-bond acceptors (Lipinski definition) is 5. The lowest BCUT2D eigenvalue weighted by Crippen LogP contribution is -2.41. The number of carbonyl (C=O) groups is 2. The van der Waals surface area contributed by atoms with Gasteiger partial charge in [-0.15, -0.1) is 12.4 Å². The second-order valence-electron chi connectivity index (χ2n) is 9.63. The van der Waals surface area contributed by atoms with Crippen LogP contribution in [0.25, 0.3) is 0 Å². The molecule has 0 aliphatic rings. The molecule has 32 heavy (non-hydrogen) atoms.